The lowest BCUT2D eigenvalue weighted by Crippen LogP contribution is -2.37. The van der Waals surface area contributed by atoms with Crippen LogP contribution in [0.25, 0.3) is 5.69 Å². The molecule has 8 heteroatoms. The summed E-state index contributed by atoms with van der Waals surface area (Å²) in [6, 6.07) is 5.54. The summed E-state index contributed by atoms with van der Waals surface area (Å²) in [7, 11) is 0. The van der Waals surface area contributed by atoms with E-state index in [4.69, 9.17) is 0 Å². The Morgan fingerprint density at radius 3 is 3.10 bits per heavy atom. The fourth-order valence-electron chi connectivity index (χ4n) is 2.05. The minimum atomic E-state index is -0.112. The van der Waals surface area contributed by atoms with Gasteiger partial charge in [0.25, 0.3) is 0 Å². The number of nitrogens with zero attached hydrogens (tertiary/aromatic N) is 4. The molecule has 1 saturated heterocycles. The van der Waals surface area contributed by atoms with Gasteiger partial charge in [-0.3, -0.25) is 10.1 Å². The molecule has 0 spiro atoms. The third-order valence-corrected chi connectivity index (χ3v) is 4.03. The number of aryl methyl sites for hydroxylation is 1. The fourth-order valence-corrected chi connectivity index (χ4v) is 3.00. The average Bonchev–Trinajstić information content (AvgIpc) is 3.12. The van der Waals surface area contributed by atoms with Crippen LogP contribution in [0.1, 0.15) is 5.56 Å². The predicted molar refractivity (Wildman–Crippen MR) is 76.8 cm³/mol. The van der Waals surface area contributed by atoms with E-state index in [1.807, 2.05) is 25.1 Å². The van der Waals surface area contributed by atoms with Crippen molar-refractivity contribution in [2.24, 2.45) is 0 Å². The highest BCUT2D eigenvalue weighted by Gasteiger charge is 2.22. The van der Waals surface area contributed by atoms with Gasteiger partial charge in [-0.2, -0.15) is 0 Å². The summed E-state index contributed by atoms with van der Waals surface area (Å²) in [6.07, 6.45) is 1.54. The molecule has 2 N–H and O–H groups in total. The van der Waals surface area contributed by atoms with Gasteiger partial charge in [0.05, 0.1) is 11.7 Å². The molecule has 7 nitrogen and oxygen atoms in total. The van der Waals surface area contributed by atoms with Crippen molar-refractivity contribution in [3.63, 3.8) is 0 Å². The van der Waals surface area contributed by atoms with Crippen LogP contribution in [0.2, 0.25) is 0 Å². The van der Waals surface area contributed by atoms with E-state index in [0.717, 1.165) is 28.6 Å². The summed E-state index contributed by atoms with van der Waals surface area (Å²) in [5.74, 6) is 1.65. The van der Waals surface area contributed by atoms with Gasteiger partial charge in [0.15, 0.2) is 0 Å². The van der Waals surface area contributed by atoms with Crippen molar-refractivity contribution in [1.82, 2.24) is 25.5 Å². The molecule has 1 fully saturated rings. The van der Waals surface area contributed by atoms with E-state index in [0.29, 0.717) is 0 Å². The molecule has 1 aromatic carbocycles. The first kappa shape index (κ1) is 13.1. The second-order valence-electron chi connectivity index (χ2n) is 4.52. The van der Waals surface area contributed by atoms with Crippen molar-refractivity contribution in [3.8, 4) is 5.69 Å². The van der Waals surface area contributed by atoms with Gasteiger partial charge in [-0.05, 0) is 41.1 Å². The van der Waals surface area contributed by atoms with Crippen LogP contribution in [-0.2, 0) is 4.79 Å². The summed E-state index contributed by atoms with van der Waals surface area (Å²) < 4.78 is 1.59. The number of anilines is 1. The highest BCUT2D eigenvalue weighted by molar-refractivity contribution is 7.99. The van der Waals surface area contributed by atoms with Crippen LogP contribution in [-0.4, -0.2) is 43.8 Å². The Bertz CT molecular complexity index is 608. The van der Waals surface area contributed by atoms with Crippen LogP contribution in [0.3, 0.4) is 0 Å². The minimum Gasteiger partial charge on any atom is -0.325 e. The summed E-state index contributed by atoms with van der Waals surface area (Å²) >= 11 is 1.73. The molecular weight excluding hydrogens is 276 g/mol. The first-order chi connectivity index (χ1) is 9.74. The van der Waals surface area contributed by atoms with Crippen molar-refractivity contribution >= 4 is 23.4 Å². The molecule has 1 atom stereocenters. The smallest absolute Gasteiger partial charge is 0.242 e. The van der Waals surface area contributed by atoms with E-state index in [-0.39, 0.29) is 11.9 Å². The Hall–Kier alpha value is -1.93. The quantitative estimate of drug-likeness (QED) is 0.860. The molecule has 0 bridgehead atoms. The standard InChI is InChI=1S/C12H14N6OS/c1-8-4-9(15-12(19)10-5-20-7-13-10)2-3-11(8)18-6-14-16-17-18/h2-4,6,10,13H,5,7H2,1H3,(H,15,19). The van der Waals surface area contributed by atoms with Crippen molar-refractivity contribution < 1.29 is 4.79 Å². The summed E-state index contributed by atoms with van der Waals surface area (Å²) in [5.41, 5.74) is 2.66. The third kappa shape index (κ3) is 2.66. The summed E-state index contributed by atoms with van der Waals surface area (Å²) in [5, 5.41) is 17.2. The second kappa shape index (κ2) is 5.59. The Kier molecular flexibility index (Phi) is 3.66. The number of rotatable bonds is 3. The van der Waals surface area contributed by atoms with Crippen LogP contribution in [0.4, 0.5) is 5.69 Å². The molecule has 2 aromatic rings. The van der Waals surface area contributed by atoms with Gasteiger partial charge < -0.3 is 5.32 Å². The van der Waals surface area contributed by atoms with Crippen LogP contribution in [0.5, 0.6) is 0 Å². The maximum Gasteiger partial charge on any atom is 0.242 e. The Morgan fingerprint density at radius 1 is 1.55 bits per heavy atom. The Balaban J connectivity index is 1.75. The highest BCUT2D eigenvalue weighted by atomic mass is 32.2. The van der Waals surface area contributed by atoms with Crippen LogP contribution in [0, 0.1) is 6.92 Å². The molecule has 1 amide bonds. The zero-order valence-electron chi connectivity index (χ0n) is 10.9. The molecule has 1 aliphatic rings. The lowest BCUT2D eigenvalue weighted by Gasteiger charge is -2.12. The van der Waals surface area contributed by atoms with E-state index >= 15 is 0 Å². The van der Waals surface area contributed by atoms with Crippen molar-refractivity contribution in [3.05, 3.63) is 30.1 Å². The average molecular weight is 290 g/mol. The van der Waals surface area contributed by atoms with Crippen molar-refractivity contribution in [2.75, 3.05) is 16.9 Å². The van der Waals surface area contributed by atoms with Gasteiger partial charge in [-0.25, -0.2) is 4.68 Å². The first-order valence-electron chi connectivity index (χ1n) is 6.20. The number of aromatic nitrogens is 4. The normalized spacial score (nSPS) is 18.1. The fraction of sp³-hybridized carbons (Fsp3) is 0.333. The Morgan fingerprint density at radius 2 is 2.45 bits per heavy atom. The van der Waals surface area contributed by atoms with Gasteiger partial charge in [-0.15, -0.1) is 16.9 Å². The van der Waals surface area contributed by atoms with Gasteiger partial charge in [0.2, 0.25) is 5.91 Å². The Labute approximate surface area is 120 Å². The maximum atomic E-state index is 12.0. The summed E-state index contributed by atoms with van der Waals surface area (Å²) in [4.78, 5) is 12.0. The highest BCUT2D eigenvalue weighted by Crippen LogP contribution is 2.19. The monoisotopic (exact) mass is 290 g/mol. The second-order valence-corrected chi connectivity index (χ2v) is 5.55. The zero-order valence-corrected chi connectivity index (χ0v) is 11.7. The number of nitrogens with one attached hydrogen (secondary N) is 2. The molecule has 3 rings (SSSR count). The van der Waals surface area contributed by atoms with E-state index in [1.54, 1.807) is 22.8 Å². The van der Waals surface area contributed by atoms with Crippen LogP contribution < -0.4 is 10.6 Å². The zero-order chi connectivity index (χ0) is 13.9. The number of benzene rings is 1. The van der Waals surface area contributed by atoms with Crippen molar-refractivity contribution in [1.29, 1.82) is 0 Å². The van der Waals surface area contributed by atoms with Gasteiger partial charge >= 0.3 is 0 Å². The number of carbonyl (C=O) groups excluding carboxylic acids is 1. The van der Waals surface area contributed by atoms with Crippen molar-refractivity contribution in [2.45, 2.75) is 13.0 Å². The molecule has 1 aliphatic heterocycles. The molecule has 2 heterocycles. The number of carbonyl (C=O) groups is 1. The topological polar surface area (TPSA) is 84.7 Å². The van der Waals surface area contributed by atoms with Gasteiger partial charge in [-0.1, -0.05) is 0 Å². The number of hydrogen-bond acceptors (Lipinski definition) is 6. The molecule has 0 radical (unpaired) electrons. The minimum absolute atomic E-state index is 0.00423. The molecule has 104 valence electrons. The number of amides is 1. The molecule has 0 aliphatic carbocycles. The number of thioether (sulfide) groups is 1. The molecule has 0 saturated carbocycles. The van der Waals surface area contributed by atoms with E-state index < -0.39 is 0 Å². The molecule has 1 unspecified atom stereocenters. The van der Waals surface area contributed by atoms with Gasteiger partial charge in [0, 0.05) is 17.3 Å². The van der Waals surface area contributed by atoms with E-state index in [1.165, 1.54) is 0 Å². The SMILES string of the molecule is Cc1cc(NC(=O)C2CSCN2)ccc1-n1cnnn1. The largest absolute Gasteiger partial charge is 0.325 e. The van der Waals surface area contributed by atoms with Gasteiger partial charge in [0.1, 0.15) is 6.33 Å². The predicted octanol–water partition coefficient (Wildman–Crippen LogP) is 0.572. The molecular formula is C12H14N6OS. The third-order valence-electron chi connectivity index (χ3n) is 3.09. The molecule has 1 aromatic heterocycles. The van der Waals surface area contributed by atoms with Crippen LogP contribution in [0.15, 0.2) is 24.5 Å². The lowest BCUT2D eigenvalue weighted by atomic mass is 10.1. The number of hydrogen-bond donors (Lipinski definition) is 2. The van der Waals surface area contributed by atoms with E-state index in [2.05, 4.69) is 26.2 Å². The van der Waals surface area contributed by atoms with Crippen LogP contribution >= 0.6 is 11.8 Å². The lowest BCUT2D eigenvalue weighted by molar-refractivity contribution is -0.117. The first-order valence-corrected chi connectivity index (χ1v) is 7.35. The summed E-state index contributed by atoms with van der Waals surface area (Å²) in [6.45, 7) is 1.95. The maximum absolute atomic E-state index is 12.0. The number of tetrazole rings is 1. The van der Waals surface area contributed by atoms with E-state index in [9.17, 15) is 4.79 Å². The molecule has 20 heavy (non-hydrogen) atoms.